The molecule has 0 saturated heterocycles. The highest BCUT2D eigenvalue weighted by Gasteiger charge is 1.86. The summed E-state index contributed by atoms with van der Waals surface area (Å²) in [5, 5.41) is 16.5. The van der Waals surface area contributed by atoms with Crippen molar-refractivity contribution in [3.63, 3.8) is 0 Å². The number of aliphatic hydroxyl groups is 2. The Balaban J connectivity index is 0. The predicted octanol–water partition coefficient (Wildman–Crippen LogP) is -0.746. The Morgan fingerprint density at radius 2 is 1.50 bits per heavy atom. The lowest BCUT2D eigenvalue weighted by Crippen LogP contribution is -2.22. The second kappa shape index (κ2) is 20.2. The number of hydrogen-bond donors (Lipinski definition) is 4. The predicted molar refractivity (Wildman–Crippen MR) is 62.9 cm³/mol. The van der Waals surface area contributed by atoms with Crippen LogP contribution in [-0.2, 0) is 9.47 Å². The van der Waals surface area contributed by atoms with Gasteiger partial charge in [0.25, 0.3) is 0 Å². The molecule has 6 nitrogen and oxygen atoms in total. The van der Waals surface area contributed by atoms with Crippen molar-refractivity contribution in [1.29, 1.82) is 0 Å². The van der Waals surface area contributed by atoms with Crippen molar-refractivity contribution >= 4 is 0 Å². The van der Waals surface area contributed by atoms with Crippen LogP contribution < -0.4 is 11.3 Å². The quantitative estimate of drug-likeness (QED) is 0.227. The number of unbranched alkanes of at least 4 members (excludes halogenated alkanes) is 1. The molecule has 16 heavy (non-hydrogen) atoms. The van der Waals surface area contributed by atoms with Crippen LogP contribution in [0.5, 0.6) is 0 Å². The van der Waals surface area contributed by atoms with E-state index in [1.807, 2.05) is 0 Å². The standard InChI is InChI=1S/C6H14O4.C4H12N2/c7-1-3-9-5-6-10-4-2-8;1-2-3-4-6-5/h7-8H,1-6H2;6H,2-5H2,1H3. The lowest BCUT2D eigenvalue weighted by atomic mass is 10.3. The number of nitrogens with two attached hydrogens (primary N) is 1. The molecule has 5 N–H and O–H groups in total. The fraction of sp³-hybridized carbons (Fsp3) is 1.00. The van der Waals surface area contributed by atoms with Crippen LogP contribution in [-0.4, -0.2) is 56.4 Å². The molecule has 0 atom stereocenters. The number of hydrazine groups is 1. The molecule has 0 fully saturated rings. The largest absolute Gasteiger partial charge is 0.394 e. The first kappa shape index (κ1) is 18.1. The lowest BCUT2D eigenvalue weighted by molar-refractivity contribution is 0.0222. The highest BCUT2D eigenvalue weighted by molar-refractivity contribution is 4.33. The van der Waals surface area contributed by atoms with E-state index in [2.05, 4.69) is 12.3 Å². The molecule has 6 heteroatoms. The van der Waals surface area contributed by atoms with E-state index in [4.69, 9.17) is 25.5 Å². The first-order chi connectivity index (χ1) is 7.83. The summed E-state index contributed by atoms with van der Waals surface area (Å²) in [5.41, 5.74) is 2.57. The van der Waals surface area contributed by atoms with Crippen LogP contribution in [0.4, 0.5) is 0 Å². The van der Waals surface area contributed by atoms with Gasteiger partial charge in [0, 0.05) is 6.54 Å². The van der Waals surface area contributed by atoms with E-state index in [0.29, 0.717) is 26.4 Å². The summed E-state index contributed by atoms with van der Waals surface area (Å²) in [6.45, 7) is 4.81. The molecular formula is C10H26N2O4. The van der Waals surface area contributed by atoms with Gasteiger partial charge in [-0.3, -0.25) is 11.3 Å². The summed E-state index contributed by atoms with van der Waals surface area (Å²) in [6, 6.07) is 0. The highest BCUT2D eigenvalue weighted by atomic mass is 16.5. The fourth-order valence-corrected chi connectivity index (χ4v) is 0.730. The number of ether oxygens (including phenoxy) is 2. The molecule has 0 unspecified atom stereocenters. The molecule has 0 aliphatic heterocycles. The van der Waals surface area contributed by atoms with Gasteiger partial charge >= 0.3 is 0 Å². The molecule has 0 spiro atoms. The average Bonchev–Trinajstić information content (AvgIpc) is 2.32. The molecule has 0 radical (unpaired) electrons. The molecule has 0 aliphatic rings. The zero-order valence-corrected chi connectivity index (χ0v) is 10.2. The molecule has 0 bridgehead atoms. The Morgan fingerprint density at radius 3 is 1.75 bits per heavy atom. The molecule has 0 rings (SSSR count). The molecule has 0 heterocycles. The third-order valence-electron chi connectivity index (χ3n) is 1.52. The van der Waals surface area contributed by atoms with Gasteiger partial charge in [-0.1, -0.05) is 13.3 Å². The van der Waals surface area contributed by atoms with Gasteiger partial charge in [-0.15, -0.1) is 0 Å². The van der Waals surface area contributed by atoms with Crippen molar-refractivity contribution < 1.29 is 19.7 Å². The first-order valence-corrected chi connectivity index (χ1v) is 5.64. The van der Waals surface area contributed by atoms with Crippen LogP contribution in [0.2, 0.25) is 0 Å². The van der Waals surface area contributed by atoms with Gasteiger partial charge in [0.15, 0.2) is 0 Å². The smallest absolute Gasteiger partial charge is 0.0701 e. The molecular weight excluding hydrogens is 212 g/mol. The minimum absolute atomic E-state index is 0.0417. The second-order valence-electron chi connectivity index (χ2n) is 2.98. The van der Waals surface area contributed by atoms with Gasteiger partial charge in [-0.2, -0.15) is 0 Å². The van der Waals surface area contributed by atoms with Gasteiger partial charge in [0.1, 0.15) is 0 Å². The molecule has 0 aliphatic carbocycles. The number of hydrogen-bond acceptors (Lipinski definition) is 6. The van der Waals surface area contributed by atoms with Crippen LogP contribution in [0, 0.1) is 0 Å². The molecule has 0 aromatic heterocycles. The van der Waals surface area contributed by atoms with E-state index >= 15 is 0 Å². The maximum absolute atomic E-state index is 8.26. The van der Waals surface area contributed by atoms with Crippen molar-refractivity contribution in [2.75, 3.05) is 46.2 Å². The SMILES string of the molecule is CCCCNN.OCCOCCOCCO. The van der Waals surface area contributed by atoms with Crippen molar-refractivity contribution in [3.05, 3.63) is 0 Å². The van der Waals surface area contributed by atoms with Crippen LogP contribution in [0.1, 0.15) is 19.8 Å². The average molecular weight is 238 g/mol. The van der Waals surface area contributed by atoms with Gasteiger partial charge in [0.05, 0.1) is 39.6 Å². The molecule has 0 aromatic rings. The van der Waals surface area contributed by atoms with Gasteiger partial charge in [-0.25, -0.2) is 0 Å². The summed E-state index contributed by atoms with van der Waals surface area (Å²) in [7, 11) is 0. The lowest BCUT2D eigenvalue weighted by Gasteiger charge is -2.01. The first-order valence-electron chi connectivity index (χ1n) is 5.64. The van der Waals surface area contributed by atoms with Crippen molar-refractivity contribution in [1.82, 2.24) is 5.43 Å². The summed E-state index contributed by atoms with van der Waals surface area (Å²) >= 11 is 0. The van der Waals surface area contributed by atoms with Gasteiger partial charge in [0.2, 0.25) is 0 Å². The zero-order valence-electron chi connectivity index (χ0n) is 10.2. The number of nitrogens with one attached hydrogen (secondary N) is 1. The van der Waals surface area contributed by atoms with E-state index in [9.17, 15) is 0 Å². The van der Waals surface area contributed by atoms with Crippen LogP contribution in [0.15, 0.2) is 0 Å². The Bertz CT molecular complexity index is 94.8. The minimum atomic E-state index is 0.0417. The third-order valence-corrected chi connectivity index (χ3v) is 1.52. The van der Waals surface area contributed by atoms with E-state index in [-0.39, 0.29) is 13.2 Å². The monoisotopic (exact) mass is 238 g/mol. The highest BCUT2D eigenvalue weighted by Crippen LogP contribution is 1.78. The Labute approximate surface area is 97.7 Å². The summed E-state index contributed by atoms with van der Waals surface area (Å²) in [5.74, 6) is 4.96. The fourth-order valence-electron chi connectivity index (χ4n) is 0.730. The van der Waals surface area contributed by atoms with Crippen LogP contribution >= 0.6 is 0 Å². The van der Waals surface area contributed by atoms with E-state index in [0.717, 1.165) is 6.54 Å². The Hall–Kier alpha value is -0.240. The van der Waals surface area contributed by atoms with E-state index in [1.165, 1.54) is 12.8 Å². The zero-order chi connectivity index (χ0) is 12.5. The molecule has 0 amide bonds. The number of rotatable bonds is 10. The maximum atomic E-state index is 8.26. The maximum Gasteiger partial charge on any atom is 0.0701 e. The normalized spacial score (nSPS) is 9.75. The van der Waals surface area contributed by atoms with Crippen molar-refractivity contribution in [3.8, 4) is 0 Å². The Kier molecular flexibility index (Phi) is 22.9. The Morgan fingerprint density at radius 1 is 1.00 bits per heavy atom. The van der Waals surface area contributed by atoms with Crippen molar-refractivity contribution in [2.24, 2.45) is 5.84 Å². The summed E-state index contributed by atoms with van der Waals surface area (Å²) in [4.78, 5) is 0. The molecule has 0 saturated carbocycles. The van der Waals surface area contributed by atoms with Gasteiger partial charge < -0.3 is 19.7 Å². The van der Waals surface area contributed by atoms with Crippen LogP contribution in [0.3, 0.4) is 0 Å². The molecule has 0 aromatic carbocycles. The molecule has 100 valence electrons. The third kappa shape index (κ3) is 23.5. The number of aliphatic hydroxyl groups excluding tert-OH is 2. The minimum Gasteiger partial charge on any atom is -0.394 e. The van der Waals surface area contributed by atoms with E-state index < -0.39 is 0 Å². The van der Waals surface area contributed by atoms with Gasteiger partial charge in [-0.05, 0) is 6.42 Å². The second-order valence-corrected chi connectivity index (χ2v) is 2.98. The summed E-state index contributed by atoms with van der Waals surface area (Å²) < 4.78 is 9.75. The van der Waals surface area contributed by atoms with Crippen LogP contribution in [0.25, 0.3) is 0 Å². The topological polar surface area (TPSA) is 97.0 Å². The van der Waals surface area contributed by atoms with Crippen molar-refractivity contribution in [2.45, 2.75) is 19.8 Å². The summed E-state index contributed by atoms with van der Waals surface area (Å²) in [6.07, 6.45) is 2.39. The van der Waals surface area contributed by atoms with E-state index in [1.54, 1.807) is 0 Å².